The van der Waals surface area contributed by atoms with Crippen LogP contribution in [0, 0.1) is 13.8 Å². The second-order valence-electron chi connectivity index (χ2n) is 9.54. The Hall–Kier alpha value is -3.61. The Bertz CT molecular complexity index is 1040. The van der Waals surface area contributed by atoms with Crippen LogP contribution in [-0.4, -0.2) is 41.0 Å². The van der Waals surface area contributed by atoms with Crippen molar-refractivity contribution in [3.05, 3.63) is 83.4 Å². The quantitative estimate of drug-likeness (QED) is 0.515. The van der Waals surface area contributed by atoms with Crippen molar-refractivity contribution in [3.8, 4) is 0 Å². The molecular formula is C28H37N3O4. The molecule has 0 bridgehead atoms. The van der Waals surface area contributed by atoms with Crippen molar-refractivity contribution >= 4 is 17.9 Å². The minimum atomic E-state index is -0.917. The smallest absolute Gasteiger partial charge is 0.408 e. The molecule has 2 rings (SSSR count). The van der Waals surface area contributed by atoms with Crippen LogP contribution in [0.2, 0.25) is 0 Å². The molecule has 0 spiro atoms. The van der Waals surface area contributed by atoms with Crippen LogP contribution < -0.4 is 10.6 Å². The van der Waals surface area contributed by atoms with Crippen molar-refractivity contribution in [1.82, 2.24) is 15.5 Å². The van der Waals surface area contributed by atoms with Crippen molar-refractivity contribution in [2.45, 2.75) is 65.8 Å². The fourth-order valence-corrected chi connectivity index (χ4v) is 3.66. The molecule has 7 heteroatoms. The minimum absolute atomic E-state index is 0.121. The van der Waals surface area contributed by atoms with Crippen LogP contribution in [0.5, 0.6) is 0 Å². The number of hydrogen-bond acceptors (Lipinski definition) is 4. The molecule has 2 atom stereocenters. The first-order chi connectivity index (χ1) is 16.4. The second-order valence-corrected chi connectivity index (χ2v) is 9.54. The van der Waals surface area contributed by atoms with E-state index in [1.54, 1.807) is 33.8 Å². The summed E-state index contributed by atoms with van der Waals surface area (Å²) in [4.78, 5) is 40.9. The van der Waals surface area contributed by atoms with E-state index in [1.165, 1.54) is 4.90 Å². The molecular weight excluding hydrogens is 442 g/mol. The van der Waals surface area contributed by atoms with Gasteiger partial charge in [-0.1, -0.05) is 54.6 Å². The minimum Gasteiger partial charge on any atom is -0.444 e. The van der Waals surface area contributed by atoms with E-state index in [2.05, 4.69) is 17.2 Å². The Morgan fingerprint density at radius 1 is 1.06 bits per heavy atom. The van der Waals surface area contributed by atoms with Gasteiger partial charge in [-0.25, -0.2) is 4.79 Å². The summed E-state index contributed by atoms with van der Waals surface area (Å²) >= 11 is 0. The fraction of sp³-hybridized carbons (Fsp3) is 0.393. The molecule has 0 aromatic heterocycles. The highest BCUT2D eigenvalue weighted by atomic mass is 16.6. The molecule has 188 valence electrons. The summed E-state index contributed by atoms with van der Waals surface area (Å²) in [5.74, 6) is -0.737. The third kappa shape index (κ3) is 7.98. The molecule has 2 N–H and O–H groups in total. The zero-order valence-corrected chi connectivity index (χ0v) is 21.6. The second kappa shape index (κ2) is 12.2. The number of carbonyl (C=O) groups excluding carboxylic acids is 3. The number of ether oxygens (including phenoxy) is 1. The van der Waals surface area contributed by atoms with Gasteiger partial charge in [0.2, 0.25) is 11.8 Å². The lowest BCUT2D eigenvalue weighted by atomic mass is 9.95. The Morgan fingerprint density at radius 3 is 2.31 bits per heavy atom. The first-order valence-electron chi connectivity index (χ1n) is 11.7. The van der Waals surface area contributed by atoms with Crippen LogP contribution in [0.25, 0.3) is 0 Å². The van der Waals surface area contributed by atoms with Gasteiger partial charge in [0.15, 0.2) is 0 Å². The van der Waals surface area contributed by atoms with Crippen LogP contribution in [0.1, 0.15) is 56.0 Å². The lowest BCUT2D eigenvalue weighted by Gasteiger charge is -2.34. The average Bonchev–Trinajstić information content (AvgIpc) is 2.78. The predicted octanol–water partition coefficient (Wildman–Crippen LogP) is 4.59. The SMILES string of the molecule is C=CCN(C(=O)C(C)NC(=O)OC(C)(C)C)C(C(=O)NCc1ccccc1)c1cccc(C)c1C. The Labute approximate surface area is 208 Å². The summed E-state index contributed by atoms with van der Waals surface area (Å²) in [5.41, 5.74) is 2.89. The maximum absolute atomic E-state index is 13.6. The number of carbonyl (C=O) groups is 3. The first kappa shape index (κ1) is 27.6. The first-order valence-corrected chi connectivity index (χ1v) is 11.7. The zero-order chi connectivity index (χ0) is 26.2. The van der Waals surface area contributed by atoms with Crippen molar-refractivity contribution < 1.29 is 19.1 Å². The summed E-state index contributed by atoms with van der Waals surface area (Å²) in [6.45, 7) is 14.9. The summed E-state index contributed by atoms with van der Waals surface area (Å²) in [7, 11) is 0. The van der Waals surface area contributed by atoms with E-state index in [4.69, 9.17) is 4.74 Å². The third-order valence-corrected chi connectivity index (χ3v) is 5.52. The van der Waals surface area contributed by atoms with Gasteiger partial charge in [0.25, 0.3) is 0 Å². The molecule has 35 heavy (non-hydrogen) atoms. The monoisotopic (exact) mass is 479 g/mol. The molecule has 7 nitrogen and oxygen atoms in total. The molecule has 3 amide bonds. The van der Waals surface area contributed by atoms with Gasteiger partial charge < -0.3 is 20.3 Å². The van der Waals surface area contributed by atoms with Crippen molar-refractivity contribution in [3.63, 3.8) is 0 Å². The van der Waals surface area contributed by atoms with Crippen molar-refractivity contribution in [2.24, 2.45) is 0 Å². The maximum atomic E-state index is 13.6. The normalized spacial score (nSPS) is 12.7. The molecule has 2 aromatic rings. The summed E-state index contributed by atoms with van der Waals surface area (Å²) in [6.07, 6.45) is 0.870. The van der Waals surface area contributed by atoms with Gasteiger partial charge in [0.1, 0.15) is 17.7 Å². The Balaban J connectivity index is 2.38. The molecule has 0 aliphatic carbocycles. The van der Waals surface area contributed by atoms with Gasteiger partial charge >= 0.3 is 6.09 Å². The highest BCUT2D eigenvalue weighted by molar-refractivity contribution is 5.92. The zero-order valence-electron chi connectivity index (χ0n) is 21.6. The van der Waals surface area contributed by atoms with E-state index in [1.807, 2.05) is 62.4 Å². The van der Waals surface area contributed by atoms with Gasteiger partial charge in [-0.2, -0.15) is 0 Å². The van der Waals surface area contributed by atoms with Gasteiger partial charge in [-0.15, -0.1) is 6.58 Å². The molecule has 2 aromatic carbocycles. The molecule has 0 saturated carbocycles. The number of rotatable bonds is 9. The standard InChI is InChI=1S/C28H37N3O4/c1-8-17-31(26(33)21(4)30-27(34)35-28(5,6)7)24(23-16-12-13-19(2)20(23)3)25(32)29-18-22-14-10-9-11-15-22/h8-16,21,24H,1,17-18H2,2-7H3,(H,29,32)(H,30,34). The van der Waals surface area contributed by atoms with Gasteiger partial charge in [0, 0.05) is 13.1 Å². The van der Waals surface area contributed by atoms with Crippen LogP contribution in [0.3, 0.4) is 0 Å². The highest BCUT2D eigenvalue weighted by Crippen LogP contribution is 2.27. The number of alkyl carbamates (subject to hydrolysis) is 1. The topological polar surface area (TPSA) is 87.7 Å². The summed E-state index contributed by atoms with van der Waals surface area (Å²) in [6, 6.07) is 13.4. The van der Waals surface area contributed by atoms with E-state index in [9.17, 15) is 14.4 Å². The predicted molar refractivity (Wildman–Crippen MR) is 138 cm³/mol. The van der Waals surface area contributed by atoms with Gasteiger partial charge in [-0.05, 0) is 63.8 Å². The largest absolute Gasteiger partial charge is 0.444 e. The number of amides is 3. The lowest BCUT2D eigenvalue weighted by molar-refractivity contribution is -0.141. The number of nitrogens with one attached hydrogen (secondary N) is 2. The molecule has 0 aliphatic rings. The van der Waals surface area contributed by atoms with Crippen LogP contribution in [-0.2, 0) is 20.9 Å². The highest BCUT2D eigenvalue weighted by Gasteiger charge is 2.35. The molecule has 0 aliphatic heterocycles. The van der Waals surface area contributed by atoms with E-state index in [-0.39, 0.29) is 12.5 Å². The molecule has 0 radical (unpaired) electrons. The maximum Gasteiger partial charge on any atom is 0.408 e. The Morgan fingerprint density at radius 2 is 1.71 bits per heavy atom. The summed E-state index contributed by atoms with van der Waals surface area (Å²) < 4.78 is 5.29. The lowest BCUT2D eigenvalue weighted by Crippen LogP contribution is -2.52. The number of aryl methyl sites for hydroxylation is 1. The molecule has 0 heterocycles. The van der Waals surface area contributed by atoms with E-state index < -0.39 is 29.7 Å². The van der Waals surface area contributed by atoms with E-state index in [0.29, 0.717) is 6.54 Å². The molecule has 2 unspecified atom stereocenters. The van der Waals surface area contributed by atoms with Crippen LogP contribution in [0.4, 0.5) is 4.79 Å². The average molecular weight is 480 g/mol. The van der Waals surface area contributed by atoms with Crippen molar-refractivity contribution in [2.75, 3.05) is 6.54 Å². The van der Waals surface area contributed by atoms with Crippen molar-refractivity contribution in [1.29, 1.82) is 0 Å². The van der Waals surface area contributed by atoms with E-state index >= 15 is 0 Å². The summed E-state index contributed by atoms with van der Waals surface area (Å²) in [5, 5.41) is 5.56. The third-order valence-electron chi connectivity index (χ3n) is 5.52. The van der Waals surface area contributed by atoms with Crippen LogP contribution in [0.15, 0.2) is 61.2 Å². The number of nitrogens with zero attached hydrogens (tertiary/aromatic N) is 1. The molecule has 0 fully saturated rings. The number of benzene rings is 2. The fourth-order valence-electron chi connectivity index (χ4n) is 3.66. The van der Waals surface area contributed by atoms with E-state index in [0.717, 1.165) is 22.3 Å². The van der Waals surface area contributed by atoms with Crippen LogP contribution >= 0.6 is 0 Å². The van der Waals surface area contributed by atoms with Gasteiger partial charge in [0.05, 0.1) is 0 Å². The number of hydrogen-bond donors (Lipinski definition) is 2. The van der Waals surface area contributed by atoms with Gasteiger partial charge in [-0.3, -0.25) is 9.59 Å². The Kier molecular flexibility index (Phi) is 9.63. The molecule has 0 saturated heterocycles.